The molecule has 2 heteroatoms. The van der Waals surface area contributed by atoms with Crippen LogP contribution in [0.25, 0.3) is 0 Å². The van der Waals surface area contributed by atoms with Gasteiger partial charge in [0.05, 0.1) is 0 Å². The zero-order valence-corrected chi connectivity index (χ0v) is 13.5. The van der Waals surface area contributed by atoms with Crippen LogP contribution in [0.2, 0.25) is 0 Å². The van der Waals surface area contributed by atoms with Gasteiger partial charge in [0.2, 0.25) is 0 Å². The zero-order chi connectivity index (χ0) is 14.9. The van der Waals surface area contributed by atoms with E-state index in [4.69, 9.17) is 0 Å². The minimum absolute atomic E-state index is 0.0605. The van der Waals surface area contributed by atoms with Crippen LogP contribution in [0, 0.1) is 31.0 Å². The molecule has 1 aliphatic rings. The van der Waals surface area contributed by atoms with Gasteiger partial charge in [0, 0.05) is 6.04 Å². The number of halogens is 1. The third-order valence-electron chi connectivity index (χ3n) is 4.98. The van der Waals surface area contributed by atoms with E-state index in [0.717, 1.165) is 17.7 Å². The molecule has 1 aliphatic carbocycles. The summed E-state index contributed by atoms with van der Waals surface area (Å²) in [5.74, 6) is 0.571. The molecular weight excluding hydrogens is 249 g/mol. The first-order valence-electron chi connectivity index (χ1n) is 7.87. The number of rotatable bonds is 4. The van der Waals surface area contributed by atoms with Crippen LogP contribution in [0.4, 0.5) is 4.39 Å². The van der Waals surface area contributed by atoms with E-state index < -0.39 is 0 Å². The molecular formula is C18H28FN. The molecule has 1 saturated carbocycles. The van der Waals surface area contributed by atoms with E-state index in [2.05, 4.69) is 26.1 Å². The van der Waals surface area contributed by atoms with Crippen LogP contribution in [0.15, 0.2) is 12.1 Å². The third-order valence-corrected chi connectivity index (χ3v) is 4.98. The molecule has 0 radical (unpaired) electrons. The summed E-state index contributed by atoms with van der Waals surface area (Å²) in [6.45, 7) is 11.6. The largest absolute Gasteiger partial charge is 0.310 e. The average molecular weight is 277 g/mol. The van der Waals surface area contributed by atoms with Crippen molar-refractivity contribution in [2.24, 2.45) is 11.3 Å². The second kappa shape index (κ2) is 5.85. The van der Waals surface area contributed by atoms with Gasteiger partial charge in [-0.2, -0.15) is 0 Å². The standard InChI is InChI=1S/C18H28FN/c1-6-20-17(15-8-7-9-18(15,4)5)14-10-12(2)16(19)13(3)11-14/h10-11,15,17,20H,6-9H2,1-5H3. The lowest BCUT2D eigenvalue weighted by atomic mass is 9.75. The summed E-state index contributed by atoms with van der Waals surface area (Å²) in [6.07, 6.45) is 3.86. The number of aryl methyl sites for hydroxylation is 2. The molecule has 20 heavy (non-hydrogen) atoms. The summed E-state index contributed by atoms with van der Waals surface area (Å²) >= 11 is 0. The molecule has 2 rings (SSSR count). The summed E-state index contributed by atoms with van der Waals surface area (Å²) in [5.41, 5.74) is 3.14. The fourth-order valence-corrected chi connectivity index (χ4v) is 3.84. The molecule has 1 aromatic carbocycles. The molecule has 112 valence electrons. The Labute approximate surface area is 123 Å². The Morgan fingerprint density at radius 3 is 2.35 bits per heavy atom. The summed E-state index contributed by atoms with van der Waals surface area (Å²) in [4.78, 5) is 0. The van der Waals surface area contributed by atoms with Gasteiger partial charge in [-0.05, 0) is 61.3 Å². The SMILES string of the molecule is CCNC(c1cc(C)c(F)c(C)c1)C1CCCC1(C)C. The fraction of sp³-hybridized carbons (Fsp3) is 0.667. The number of nitrogens with one attached hydrogen (secondary N) is 1. The van der Waals surface area contributed by atoms with Gasteiger partial charge in [0.15, 0.2) is 0 Å². The molecule has 0 amide bonds. The van der Waals surface area contributed by atoms with Crippen LogP contribution in [-0.4, -0.2) is 6.54 Å². The Hall–Kier alpha value is -0.890. The van der Waals surface area contributed by atoms with Gasteiger partial charge in [-0.15, -0.1) is 0 Å². The van der Waals surface area contributed by atoms with Crippen LogP contribution in [0.3, 0.4) is 0 Å². The number of benzene rings is 1. The first-order valence-corrected chi connectivity index (χ1v) is 7.87. The normalized spacial score (nSPS) is 23.0. The zero-order valence-electron chi connectivity index (χ0n) is 13.5. The maximum absolute atomic E-state index is 13.9. The van der Waals surface area contributed by atoms with Crippen LogP contribution < -0.4 is 5.32 Å². The highest BCUT2D eigenvalue weighted by molar-refractivity contribution is 5.33. The topological polar surface area (TPSA) is 12.0 Å². The molecule has 1 fully saturated rings. The van der Waals surface area contributed by atoms with E-state index in [0.29, 0.717) is 17.4 Å². The maximum Gasteiger partial charge on any atom is 0.129 e. The lowest BCUT2D eigenvalue weighted by Crippen LogP contribution is -2.34. The Morgan fingerprint density at radius 1 is 1.30 bits per heavy atom. The predicted octanol–water partition coefficient (Wildman–Crippen LogP) is 4.92. The minimum atomic E-state index is -0.0605. The molecule has 0 spiro atoms. The average Bonchev–Trinajstić information content (AvgIpc) is 2.72. The van der Waals surface area contributed by atoms with Crippen molar-refractivity contribution < 1.29 is 4.39 Å². The van der Waals surface area contributed by atoms with E-state index >= 15 is 0 Å². The lowest BCUT2D eigenvalue weighted by Gasteiger charge is -2.35. The van der Waals surface area contributed by atoms with E-state index in [-0.39, 0.29) is 5.82 Å². The van der Waals surface area contributed by atoms with Crippen molar-refractivity contribution in [1.29, 1.82) is 0 Å². The number of hydrogen-bond donors (Lipinski definition) is 1. The molecule has 2 unspecified atom stereocenters. The highest BCUT2D eigenvalue weighted by Gasteiger charge is 2.39. The van der Waals surface area contributed by atoms with Crippen molar-refractivity contribution in [2.45, 2.75) is 59.9 Å². The van der Waals surface area contributed by atoms with E-state index in [1.165, 1.54) is 24.8 Å². The van der Waals surface area contributed by atoms with Crippen molar-refractivity contribution in [1.82, 2.24) is 5.32 Å². The van der Waals surface area contributed by atoms with Gasteiger partial charge >= 0.3 is 0 Å². The second-order valence-electron chi connectivity index (χ2n) is 6.99. The van der Waals surface area contributed by atoms with Gasteiger partial charge in [-0.25, -0.2) is 4.39 Å². The van der Waals surface area contributed by atoms with E-state index in [1.54, 1.807) is 0 Å². The van der Waals surface area contributed by atoms with Crippen molar-refractivity contribution >= 4 is 0 Å². The van der Waals surface area contributed by atoms with Gasteiger partial charge in [-0.3, -0.25) is 0 Å². The Bertz CT molecular complexity index is 455. The van der Waals surface area contributed by atoms with Crippen LogP contribution in [-0.2, 0) is 0 Å². The monoisotopic (exact) mass is 277 g/mol. The smallest absolute Gasteiger partial charge is 0.129 e. The predicted molar refractivity (Wildman–Crippen MR) is 83.4 cm³/mol. The highest BCUT2D eigenvalue weighted by Crippen LogP contribution is 2.48. The molecule has 2 atom stereocenters. The first kappa shape index (κ1) is 15.5. The lowest BCUT2D eigenvalue weighted by molar-refractivity contribution is 0.199. The van der Waals surface area contributed by atoms with Crippen molar-refractivity contribution in [3.05, 3.63) is 34.6 Å². The molecule has 0 aromatic heterocycles. The quantitative estimate of drug-likeness (QED) is 0.823. The Kier molecular flexibility index (Phi) is 4.53. The molecule has 1 N–H and O–H groups in total. The third kappa shape index (κ3) is 2.90. The second-order valence-corrected chi connectivity index (χ2v) is 6.99. The van der Waals surface area contributed by atoms with Gasteiger partial charge in [0.1, 0.15) is 5.82 Å². The van der Waals surface area contributed by atoms with Crippen LogP contribution in [0.1, 0.15) is 62.8 Å². The van der Waals surface area contributed by atoms with Gasteiger partial charge in [-0.1, -0.05) is 39.3 Å². The van der Waals surface area contributed by atoms with Gasteiger partial charge < -0.3 is 5.32 Å². The summed E-state index contributed by atoms with van der Waals surface area (Å²) in [7, 11) is 0. The number of hydrogen-bond acceptors (Lipinski definition) is 1. The van der Waals surface area contributed by atoms with Crippen LogP contribution >= 0.6 is 0 Å². The molecule has 0 heterocycles. The van der Waals surface area contributed by atoms with Crippen molar-refractivity contribution in [3.8, 4) is 0 Å². The highest BCUT2D eigenvalue weighted by atomic mass is 19.1. The molecule has 0 saturated heterocycles. The Balaban J connectivity index is 2.38. The van der Waals surface area contributed by atoms with Crippen molar-refractivity contribution in [2.75, 3.05) is 6.54 Å². The summed E-state index contributed by atoms with van der Waals surface area (Å²) in [6, 6.07) is 4.41. The van der Waals surface area contributed by atoms with Crippen molar-refractivity contribution in [3.63, 3.8) is 0 Å². The van der Waals surface area contributed by atoms with E-state index in [9.17, 15) is 4.39 Å². The fourth-order valence-electron chi connectivity index (χ4n) is 3.84. The molecule has 0 aliphatic heterocycles. The maximum atomic E-state index is 13.9. The van der Waals surface area contributed by atoms with Crippen LogP contribution in [0.5, 0.6) is 0 Å². The Morgan fingerprint density at radius 2 is 1.90 bits per heavy atom. The molecule has 1 aromatic rings. The van der Waals surface area contributed by atoms with Gasteiger partial charge in [0.25, 0.3) is 0 Å². The summed E-state index contributed by atoms with van der Waals surface area (Å²) < 4.78 is 13.9. The minimum Gasteiger partial charge on any atom is -0.310 e. The van der Waals surface area contributed by atoms with E-state index in [1.807, 2.05) is 26.0 Å². The first-order chi connectivity index (χ1) is 9.36. The summed E-state index contributed by atoms with van der Waals surface area (Å²) in [5, 5.41) is 3.65. The molecule has 0 bridgehead atoms. The molecule has 1 nitrogen and oxygen atoms in total.